The molecule has 0 aromatic heterocycles. The molecule has 0 bridgehead atoms. The summed E-state index contributed by atoms with van der Waals surface area (Å²) < 4.78 is 42.2. The second kappa shape index (κ2) is 7.70. The number of oxime groups is 1. The number of rotatable bonds is 3. The van der Waals surface area contributed by atoms with Crippen LogP contribution in [-0.4, -0.2) is 24.8 Å². The SMILES string of the molecule is CC(=O)N(C)c1cc(C2=NOC(c3cc(Cl)cc(Cl)c3)(C(F)(F)F)C2)ccc1Cl. The molecule has 4 nitrogen and oxygen atoms in total. The van der Waals surface area contributed by atoms with E-state index in [1.807, 2.05) is 0 Å². The Hall–Kier alpha value is -1.96. The topological polar surface area (TPSA) is 41.9 Å². The largest absolute Gasteiger partial charge is 0.435 e. The second-order valence-corrected chi connectivity index (χ2v) is 7.81. The van der Waals surface area contributed by atoms with Gasteiger partial charge in [-0.1, -0.05) is 46.0 Å². The minimum atomic E-state index is -4.79. The van der Waals surface area contributed by atoms with Crippen LogP contribution in [0.2, 0.25) is 15.1 Å². The van der Waals surface area contributed by atoms with E-state index < -0.39 is 18.2 Å². The van der Waals surface area contributed by atoms with Crippen molar-refractivity contribution in [3.63, 3.8) is 0 Å². The molecule has 1 heterocycles. The molecule has 10 heteroatoms. The summed E-state index contributed by atoms with van der Waals surface area (Å²) in [6.45, 7) is 1.34. The summed E-state index contributed by atoms with van der Waals surface area (Å²) in [5.74, 6) is -0.285. The number of amides is 1. The first-order chi connectivity index (χ1) is 13.4. The molecular weight excluding hydrogens is 452 g/mol. The number of carbonyl (C=O) groups excluding carboxylic acids is 1. The van der Waals surface area contributed by atoms with E-state index in [1.54, 1.807) is 0 Å². The highest BCUT2D eigenvalue weighted by Crippen LogP contribution is 2.50. The van der Waals surface area contributed by atoms with Crippen LogP contribution in [0.5, 0.6) is 0 Å². The Kier molecular flexibility index (Phi) is 5.77. The van der Waals surface area contributed by atoms with E-state index in [0.717, 1.165) is 12.1 Å². The quantitative estimate of drug-likeness (QED) is 0.541. The molecule has 29 heavy (non-hydrogen) atoms. The molecule has 0 N–H and O–H groups in total. The van der Waals surface area contributed by atoms with Gasteiger partial charge in [0.05, 0.1) is 16.4 Å². The first kappa shape index (κ1) is 21.7. The van der Waals surface area contributed by atoms with Crippen LogP contribution in [0.3, 0.4) is 0 Å². The van der Waals surface area contributed by atoms with Gasteiger partial charge in [-0.2, -0.15) is 13.2 Å². The van der Waals surface area contributed by atoms with Crippen molar-refractivity contribution in [1.29, 1.82) is 0 Å². The predicted molar refractivity (Wildman–Crippen MR) is 107 cm³/mol. The van der Waals surface area contributed by atoms with Gasteiger partial charge in [0, 0.05) is 41.6 Å². The molecule has 0 saturated carbocycles. The lowest BCUT2D eigenvalue weighted by Gasteiger charge is -2.29. The number of halogens is 6. The summed E-state index contributed by atoms with van der Waals surface area (Å²) in [5, 5.41) is 4.07. The van der Waals surface area contributed by atoms with Crippen LogP contribution >= 0.6 is 34.8 Å². The molecule has 2 aromatic rings. The summed E-state index contributed by atoms with van der Waals surface area (Å²) in [6, 6.07) is 8.11. The maximum absolute atomic E-state index is 14.1. The van der Waals surface area contributed by atoms with Crippen molar-refractivity contribution in [2.75, 3.05) is 11.9 Å². The number of hydrogen-bond donors (Lipinski definition) is 0. The van der Waals surface area contributed by atoms with E-state index in [2.05, 4.69) is 5.16 Å². The van der Waals surface area contributed by atoms with Crippen LogP contribution in [-0.2, 0) is 15.2 Å². The Bertz CT molecular complexity index is 990. The molecule has 2 aromatic carbocycles. The van der Waals surface area contributed by atoms with Gasteiger partial charge < -0.3 is 9.74 Å². The maximum Gasteiger partial charge on any atom is 0.435 e. The Morgan fingerprint density at radius 2 is 1.76 bits per heavy atom. The van der Waals surface area contributed by atoms with Gasteiger partial charge in [0.2, 0.25) is 5.91 Å². The summed E-state index contributed by atoms with van der Waals surface area (Å²) in [5.41, 5.74) is -2.25. The Morgan fingerprint density at radius 1 is 1.14 bits per heavy atom. The van der Waals surface area contributed by atoms with E-state index in [4.69, 9.17) is 39.6 Å². The van der Waals surface area contributed by atoms with E-state index in [1.165, 1.54) is 43.1 Å². The van der Waals surface area contributed by atoms with Gasteiger partial charge in [0.25, 0.3) is 5.60 Å². The Labute approximate surface area is 179 Å². The molecule has 154 valence electrons. The third kappa shape index (κ3) is 4.04. The summed E-state index contributed by atoms with van der Waals surface area (Å²) in [4.78, 5) is 17.9. The van der Waals surface area contributed by atoms with Gasteiger partial charge in [-0.15, -0.1) is 0 Å². The first-order valence-electron chi connectivity index (χ1n) is 8.27. The van der Waals surface area contributed by atoms with Crippen LogP contribution < -0.4 is 4.90 Å². The Morgan fingerprint density at radius 3 is 2.31 bits per heavy atom. The molecular formula is C19H14Cl3F3N2O2. The number of hydrogen-bond acceptors (Lipinski definition) is 3. The van der Waals surface area contributed by atoms with Crippen molar-refractivity contribution < 1.29 is 22.8 Å². The fourth-order valence-corrected chi connectivity index (χ4v) is 3.73. The third-order valence-electron chi connectivity index (χ3n) is 4.63. The Balaban J connectivity index is 2.03. The minimum Gasteiger partial charge on any atom is -0.374 e. The van der Waals surface area contributed by atoms with Crippen molar-refractivity contribution in [2.24, 2.45) is 5.16 Å². The number of carbonyl (C=O) groups is 1. The van der Waals surface area contributed by atoms with Crippen LogP contribution in [0, 0.1) is 0 Å². The standard InChI is InChI=1S/C19H14Cl3F3N2O2/c1-10(28)27(2)17-5-11(3-4-15(17)22)16-9-18(29-26-16,19(23,24)25)12-6-13(20)8-14(21)7-12/h3-8H,9H2,1-2H3. The molecule has 0 fully saturated rings. The lowest BCUT2D eigenvalue weighted by Crippen LogP contribution is -2.42. The highest BCUT2D eigenvalue weighted by atomic mass is 35.5. The van der Waals surface area contributed by atoms with Gasteiger partial charge in [-0.25, -0.2) is 0 Å². The van der Waals surface area contributed by atoms with Crippen molar-refractivity contribution in [3.8, 4) is 0 Å². The molecule has 3 rings (SSSR count). The minimum absolute atomic E-state index is 0.0463. The molecule has 0 spiro atoms. The average molecular weight is 466 g/mol. The average Bonchev–Trinajstić information content (AvgIpc) is 3.07. The highest BCUT2D eigenvalue weighted by Gasteiger charge is 2.62. The first-order valence-corrected chi connectivity index (χ1v) is 9.40. The van der Waals surface area contributed by atoms with Crippen LogP contribution in [0.25, 0.3) is 0 Å². The molecule has 0 aliphatic carbocycles. The zero-order valence-corrected chi connectivity index (χ0v) is 17.4. The smallest absolute Gasteiger partial charge is 0.374 e. The van der Waals surface area contributed by atoms with Crippen molar-refractivity contribution in [2.45, 2.75) is 25.1 Å². The fourth-order valence-electron chi connectivity index (χ4n) is 2.96. The molecule has 1 amide bonds. The molecule has 0 radical (unpaired) electrons. The van der Waals surface area contributed by atoms with E-state index >= 15 is 0 Å². The molecule has 0 saturated heterocycles. The molecule has 1 aliphatic heterocycles. The summed E-state index contributed by atoms with van der Waals surface area (Å²) in [7, 11) is 1.51. The van der Waals surface area contributed by atoms with E-state index in [-0.39, 0.29) is 32.3 Å². The van der Waals surface area contributed by atoms with Gasteiger partial charge in [0.1, 0.15) is 0 Å². The predicted octanol–water partition coefficient (Wildman–Crippen LogP) is 6.21. The van der Waals surface area contributed by atoms with Crippen LogP contribution in [0.1, 0.15) is 24.5 Å². The van der Waals surface area contributed by atoms with Crippen LogP contribution in [0.15, 0.2) is 41.6 Å². The van der Waals surface area contributed by atoms with Crippen LogP contribution in [0.4, 0.5) is 18.9 Å². The lowest BCUT2D eigenvalue weighted by atomic mass is 9.86. The van der Waals surface area contributed by atoms with Gasteiger partial charge in [-0.05, 0) is 30.3 Å². The molecule has 1 unspecified atom stereocenters. The zero-order chi connectivity index (χ0) is 21.6. The van der Waals surface area contributed by atoms with E-state index in [0.29, 0.717) is 11.3 Å². The van der Waals surface area contributed by atoms with E-state index in [9.17, 15) is 18.0 Å². The lowest BCUT2D eigenvalue weighted by molar-refractivity contribution is -0.275. The van der Waals surface area contributed by atoms with Crippen molar-refractivity contribution in [1.82, 2.24) is 0 Å². The van der Waals surface area contributed by atoms with Gasteiger partial charge in [-0.3, -0.25) is 4.79 Å². The van der Waals surface area contributed by atoms with Gasteiger partial charge >= 0.3 is 6.18 Å². The molecule has 1 aliphatic rings. The number of anilines is 1. The number of nitrogens with zero attached hydrogens (tertiary/aromatic N) is 2. The number of alkyl halides is 3. The highest BCUT2D eigenvalue weighted by molar-refractivity contribution is 6.35. The van der Waals surface area contributed by atoms with Crippen molar-refractivity contribution in [3.05, 3.63) is 62.6 Å². The summed E-state index contributed by atoms with van der Waals surface area (Å²) in [6.07, 6.45) is -5.39. The maximum atomic E-state index is 14.1. The van der Waals surface area contributed by atoms with Gasteiger partial charge in [0.15, 0.2) is 0 Å². The normalized spacial score (nSPS) is 19.0. The number of benzene rings is 2. The zero-order valence-electron chi connectivity index (χ0n) is 15.1. The second-order valence-electron chi connectivity index (χ2n) is 6.53. The van der Waals surface area contributed by atoms with Crippen molar-refractivity contribution >= 4 is 52.1 Å². The summed E-state index contributed by atoms with van der Waals surface area (Å²) >= 11 is 17.9. The molecule has 1 atom stereocenters. The third-order valence-corrected chi connectivity index (χ3v) is 5.38. The monoisotopic (exact) mass is 464 g/mol. The fraction of sp³-hybridized carbons (Fsp3) is 0.263.